The minimum absolute atomic E-state index is 0.00167. The molecule has 8 nitrogen and oxygen atoms in total. The number of methoxy groups -OCH3 is 2. The molecule has 0 atom stereocenters. The van der Waals surface area contributed by atoms with Crippen molar-refractivity contribution in [2.45, 2.75) is 18.4 Å². The van der Waals surface area contributed by atoms with Crippen molar-refractivity contribution in [2.75, 3.05) is 53.5 Å². The Kier molecular flexibility index (Phi) is 8.45. The van der Waals surface area contributed by atoms with E-state index in [0.717, 1.165) is 0 Å². The van der Waals surface area contributed by atoms with Crippen molar-refractivity contribution in [3.8, 4) is 11.5 Å². The minimum atomic E-state index is -3.87. The van der Waals surface area contributed by atoms with Crippen molar-refractivity contribution in [2.24, 2.45) is 0 Å². The molecule has 186 valence electrons. The van der Waals surface area contributed by atoms with E-state index in [4.69, 9.17) is 9.47 Å². The zero-order chi connectivity index (χ0) is 24.9. The fourth-order valence-corrected chi connectivity index (χ4v) is 5.37. The second-order valence-electron chi connectivity index (χ2n) is 7.81. The van der Waals surface area contributed by atoms with E-state index in [9.17, 15) is 22.0 Å². The molecular weight excluding hydrogens is 468 g/mol. The number of hydrogen-bond acceptors (Lipinski definition) is 6. The van der Waals surface area contributed by atoms with Crippen LogP contribution in [0.2, 0.25) is 0 Å². The second kappa shape index (κ2) is 11.1. The van der Waals surface area contributed by atoms with Crippen LogP contribution in [0.25, 0.3) is 0 Å². The van der Waals surface area contributed by atoms with E-state index in [1.54, 1.807) is 22.8 Å². The van der Waals surface area contributed by atoms with Crippen molar-refractivity contribution in [1.29, 1.82) is 0 Å². The van der Waals surface area contributed by atoms with Gasteiger partial charge in [0.05, 0.1) is 20.8 Å². The maximum Gasteiger partial charge on any atom is 0.247 e. The first-order valence-electron chi connectivity index (χ1n) is 10.9. The van der Waals surface area contributed by atoms with Crippen molar-refractivity contribution >= 4 is 15.9 Å². The summed E-state index contributed by atoms with van der Waals surface area (Å²) in [6, 6.07) is 8.22. The molecule has 0 bridgehead atoms. The highest BCUT2D eigenvalue weighted by molar-refractivity contribution is 7.89. The summed E-state index contributed by atoms with van der Waals surface area (Å²) in [5.41, 5.74) is -0.0831. The number of amides is 1. The van der Waals surface area contributed by atoms with Gasteiger partial charge >= 0.3 is 0 Å². The van der Waals surface area contributed by atoms with E-state index in [1.165, 1.54) is 48.9 Å². The van der Waals surface area contributed by atoms with Gasteiger partial charge in [-0.2, -0.15) is 4.31 Å². The summed E-state index contributed by atoms with van der Waals surface area (Å²) in [4.78, 5) is 16.0. The van der Waals surface area contributed by atoms with Gasteiger partial charge in [-0.3, -0.25) is 9.69 Å². The number of sulfonamides is 1. The minimum Gasteiger partial charge on any atom is -0.497 e. The first-order chi connectivity index (χ1) is 16.2. The standard InChI is InChI=1S/C23H29F2N3O5S/c1-4-26(15-18-19(24)6-5-7-20(18)25)16-23(29)27-10-12-28(13-11-27)34(30,31)22-14-17(32-2)8-9-21(22)33-3/h5-9,14H,4,10-13,15-16H2,1-3H3. The number of halogens is 2. The largest absolute Gasteiger partial charge is 0.497 e. The molecular formula is C23H29F2N3O5S. The molecule has 0 aromatic heterocycles. The van der Waals surface area contributed by atoms with Crippen LogP contribution in [0.5, 0.6) is 11.5 Å². The van der Waals surface area contributed by atoms with Crippen LogP contribution in [0.4, 0.5) is 8.78 Å². The monoisotopic (exact) mass is 497 g/mol. The Labute approximate surface area is 198 Å². The van der Waals surface area contributed by atoms with Gasteiger partial charge < -0.3 is 14.4 Å². The lowest BCUT2D eigenvalue weighted by atomic mass is 10.2. The number of likely N-dealkylation sites (N-methyl/N-ethyl adjacent to an activating group) is 1. The Bertz CT molecular complexity index is 1100. The number of nitrogens with zero attached hydrogens (tertiary/aromatic N) is 3. The molecule has 34 heavy (non-hydrogen) atoms. The smallest absolute Gasteiger partial charge is 0.247 e. The normalized spacial score (nSPS) is 14.9. The molecule has 1 aliphatic rings. The molecule has 3 rings (SSSR count). The Balaban J connectivity index is 1.64. The summed E-state index contributed by atoms with van der Waals surface area (Å²) in [5.74, 6) is -0.942. The van der Waals surface area contributed by atoms with E-state index in [1.807, 2.05) is 0 Å². The lowest BCUT2D eigenvalue weighted by molar-refractivity contribution is -0.133. The van der Waals surface area contributed by atoms with Crippen molar-refractivity contribution in [1.82, 2.24) is 14.1 Å². The number of rotatable bonds is 9. The summed E-state index contributed by atoms with van der Waals surface area (Å²) in [7, 11) is -1.03. The lowest BCUT2D eigenvalue weighted by Gasteiger charge is -2.35. The maximum atomic E-state index is 14.0. The van der Waals surface area contributed by atoms with Crippen LogP contribution in [-0.4, -0.2) is 81.9 Å². The zero-order valence-electron chi connectivity index (χ0n) is 19.5. The first kappa shape index (κ1) is 25.9. The SMILES string of the molecule is CCN(CC(=O)N1CCN(S(=O)(=O)c2cc(OC)ccc2OC)CC1)Cc1c(F)cccc1F. The molecule has 1 fully saturated rings. The average molecular weight is 498 g/mol. The molecule has 0 N–H and O–H groups in total. The number of benzene rings is 2. The molecule has 0 radical (unpaired) electrons. The van der Waals surface area contributed by atoms with Gasteiger partial charge in [0.2, 0.25) is 15.9 Å². The van der Waals surface area contributed by atoms with E-state index in [-0.39, 0.29) is 61.4 Å². The van der Waals surface area contributed by atoms with Crippen LogP contribution < -0.4 is 9.47 Å². The Hall–Kier alpha value is -2.76. The molecule has 11 heteroatoms. The van der Waals surface area contributed by atoms with Gasteiger partial charge in [-0.25, -0.2) is 17.2 Å². The van der Waals surface area contributed by atoms with E-state index >= 15 is 0 Å². The number of carbonyl (C=O) groups is 1. The fraction of sp³-hybridized carbons (Fsp3) is 0.435. The summed E-state index contributed by atoms with van der Waals surface area (Å²) in [6.07, 6.45) is 0. The van der Waals surface area contributed by atoms with Crippen LogP contribution >= 0.6 is 0 Å². The van der Waals surface area contributed by atoms with Gasteiger partial charge in [0.25, 0.3) is 0 Å². The van der Waals surface area contributed by atoms with Crippen LogP contribution in [0.3, 0.4) is 0 Å². The van der Waals surface area contributed by atoms with Gasteiger partial charge in [0.15, 0.2) is 0 Å². The van der Waals surface area contributed by atoms with Gasteiger partial charge in [0.1, 0.15) is 28.0 Å². The highest BCUT2D eigenvalue weighted by Crippen LogP contribution is 2.31. The molecule has 2 aromatic carbocycles. The molecule has 0 spiro atoms. The van der Waals surface area contributed by atoms with Crippen LogP contribution in [0, 0.1) is 11.6 Å². The third-order valence-electron chi connectivity index (χ3n) is 5.83. The highest BCUT2D eigenvalue weighted by atomic mass is 32.2. The number of ether oxygens (including phenoxy) is 2. The predicted molar refractivity (Wildman–Crippen MR) is 122 cm³/mol. The predicted octanol–water partition coefficient (Wildman–Crippen LogP) is 2.34. The molecule has 0 aliphatic carbocycles. The van der Waals surface area contributed by atoms with E-state index in [2.05, 4.69) is 0 Å². The molecule has 1 aliphatic heterocycles. The topological polar surface area (TPSA) is 79.4 Å². The Morgan fingerprint density at radius 2 is 1.68 bits per heavy atom. The molecule has 1 amide bonds. The zero-order valence-corrected chi connectivity index (χ0v) is 20.3. The van der Waals surface area contributed by atoms with Crippen molar-refractivity contribution in [3.05, 3.63) is 53.6 Å². The summed E-state index contributed by atoms with van der Waals surface area (Å²) in [6.45, 7) is 2.80. The maximum absolute atomic E-state index is 14.0. The van der Waals surface area contributed by atoms with E-state index in [0.29, 0.717) is 12.3 Å². The average Bonchev–Trinajstić information content (AvgIpc) is 2.85. The van der Waals surface area contributed by atoms with E-state index < -0.39 is 21.7 Å². The molecule has 1 saturated heterocycles. The molecule has 0 unspecified atom stereocenters. The van der Waals surface area contributed by atoms with Gasteiger partial charge in [-0.05, 0) is 30.8 Å². The quantitative estimate of drug-likeness (QED) is 0.529. The molecule has 2 aromatic rings. The van der Waals surface area contributed by atoms with Crippen molar-refractivity contribution in [3.63, 3.8) is 0 Å². The summed E-state index contributed by atoms with van der Waals surface area (Å²) in [5, 5.41) is 0. The molecule has 1 heterocycles. The fourth-order valence-electron chi connectivity index (χ4n) is 3.78. The van der Waals surface area contributed by atoms with Crippen LogP contribution in [0.1, 0.15) is 12.5 Å². The lowest BCUT2D eigenvalue weighted by Crippen LogP contribution is -2.52. The van der Waals surface area contributed by atoms with Gasteiger partial charge in [-0.1, -0.05) is 13.0 Å². The number of carbonyl (C=O) groups excluding carboxylic acids is 1. The number of piperazine rings is 1. The van der Waals surface area contributed by atoms with Crippen molar-refractivity contribution < 1.29 is 31.5 Å². The second-order valence-corrected chi connectivity index (χ2v) is 9.71. The first-order valence-corrected chi connectivity index (χ1v) is 12.3. The Morgan fingerprint density at radius 1 is 1.03 bits per heavy atom. The number of hydrogen-bond donors (Lipinski definition) is 0. The van der Waals surface area contributed by atoms with Crippen LogP contribution in [0.15, 0.2) is 41.3 Å². The Morgan fingerprint density at radius 3 is 2.24 bits per heavy atom. The van der Waals surface area contributed by atoms with Crippen LogP contribution in [-0.2, 0) is 21.4 Å². The summed E-state index contributed by atoms with van der Waals surface area (Å²) < 4.78 is 66.1. The summed E-state index contributed by atoms with van der Waals surface area (Å²) >= 11 is 0. The van der Waals surface area contributed by atoms with Gasteiger partial charge in [-0.15, -0.1) is 0 Å². The van der Waals surface area contributed by atoms with Gasteiger partial charge in [0, 0.05) is 44.4 Å². The third kappa shape index (κ3) is 5.65. The molecule has 0 saturated carbocycles. The third-order valence-corrected chi connectivity index (χ3v) is 7.75. The highest BCUT2D eigenvalue weighted by Gasteiger charge is 2.33.